The topological polar surface area (TPSA) is 95.9 Å². The van der Waals surface area contributed by atoms with E-state index in [-0.39, 0.29) is 24.3 Å². The zero-order valence-corrected chi connectivity index (χ0v) is 21.7. The number of carbonyl (C=O) groups excluding carboxylic acids is 2. The van der Waals surface area contributed by atoms with Crippen LogP contribution in [-0.4, -0.2) is 65.4 Å². The van der Waals surface area contributed by atoms with Crippen molar-refractivity contribution in [3.8, 4) is 0 Å². The maximum atomic E-state index is 13.5. The number of hydrogen-bond acceptors (Lipinski definition) is 6. The molecule has 2 N–H and O–H groups in total. The van der Waals surface area contributed by atoms with Gasteiger partial charge in [0.05, 0.1) is 12.6 Å². The van der Waals surface area contributed by atoms with E-state index >= 15 is 0 Å². The van der Waals surface area contributed by atoms with Gasteiger partial charge in [0.15, 0.2) is 0 Å². The Kier molecular flexibility index (Phi) is 9.19. The summed E-state index contributed by atoms with van der Waals surface area (Å²) >= 11 is 1.60. The molecule has 3 aromatic carbocycles. The van der Waals surface area contributed by atoms with Crippen molar-refractivity contribution in [2.75, 3.05) is 25.4 Å². The Morgan fingerprint density at radius 3 is 2.54 bits per heavy atom. The van der Waals surface area contributed by atoms with E-state index in [1.165, 1.54) is 4.90 Å². The summed E-state index contributed by atoms with van der Waals surface area (Å²) in [5.74, 6) is -1.38. The van der Waals surface area contributed by atoms with Crippen molar-refractivity contribution in [2.45, 2.75) is 37.1 Å². The van der Waals surface area contributed by atoms with Crippen molar-refractivity contribution >= 4 is 40.4 Å². The molecule has 1 aliphatic rings. The normalized spacial score (nSPS) is 18.8. The molecule has 3 unspecified atom stereocenters. The minimum absolute atomic E-state index is 0.0925. The lowest BCUT2D eigenvalue weighted by molar-refractivity contribution is -0.148. The highest BCUT2D eigenvalue weighted by atomic mass is 32.2. The van der Waals surface area contributed by atoms with Crippen molar-refractivity contribution in [2.24, 2.45) is 0 Å². The number of carboxylic acid groups (broad SMARTS) is 1. The molecule has 1 saturated heterocycles. The summed E-state index contributed by atoms with van der Waals surface area (Å²) in [6, 6.07) is 22.7. The second-order valence-corrected chi connectivity index (χ2v) is 10.3. The molecule has 4 rings (SSSR count). The van der Waals surface area contributed by atoms with E-state index in [0.717, 1.165) is 21.9 Å². The zero-order chi connectivity index (χ0) is 26.2. The second-order valence-electron chi connectivity index (χ2n) is 9.09. The van der Waals surface area contributed by atoms with Crippen molar-refractivity contribution in [1.82, 2.24) is 10.2 Å². The molecule has 1 heterocycles. The first-order valence-corrected chi connectivity index (χ1v) is 13.6. The summed E-state index contributed by atoms with van der Waals surface area (Å²) in [4.78, 5) is 39.3. The number of carbonyl (C=O) groups is 3. The number of ether oxygens (including phenoxy) is 1. The molecule has 1 aliphatic heterocycles. The van der Waals surface area contributed by atoms with Crippen molar-refractivity contribution in [3.63, 3.8) is 0 Å². The van der Waals surface area contributed by atoms with Crippen LogP contribution in [0.25, 0.3) is 10.8 Å². The van der Waals surface area contributed by atoms with E-state index in [0.29, 0.717) is 18.6 Å². The summed E-state index contributed by atoms with van der Waals surface area (Å²) in [7, 11) is 0. The lowest BCUT2D eigenvalue weighted by Crippen LogP contribution is -2.53. The molecule has 8 heteroatoms. The second kappa shape index (κ2) is 12.7. The molecule has 1 amide bonds. The lowest BCUT2D eigenvalue weighted by Gasteiger charge is -2.27. The molecule has 0 saturated carbocycles. The van der Waals surface area contributed by atoms with Crippen LogP contribution in [-0.2, 0) is 25.5 Å². The molecule has 0 bridgehead atoms. The van der Waals surface area contributed by atoms with Gasteiger partial charge in [-0.3, -0.25) is 19.7 Å². The first-order chi connectivity index (χ1) is 17.9. The number of aryl methyl sites for hydroxylation is 1. The van der Waals surface area contributed by atoms with Crippen LogP contribution in [0.2, 0.25) is 0 Å². The van der Waals surface area contributed by atoms with Gasteiger partial charge >= 0.3 is 11.9 Å². The van der Waals surface area contributed by atoms with E-state index < -0.39 is 30.6 Å². The fourth-order valence-corrected chi connectivity index (χ4v) is 5.88. The Bertz CT molecular complexity index is 1240. The van der Waals surface area contributed by atoms with Crippen LogP contribution in [0.1, 0.15) is 29.7 Å². The maximum absolute atomic E-state index is 13.5. The number of amides is 1. The largest absolute Gasteiger partial charge is 0.480 e. The van der Waals surface area contributed by atoms with Gasteiger partial charge in [-0.1, -0.05) is 66.7 Å². The smallest absolute Gasteiger partial charge is 0.323 e. The Morgan fingerprint density at radius 2 is 1.81 bits per heavy atom. The SMILES string of the molecule is CCOC(=O)C(CCc1ccccc1)NC1CSC(c2ccc3ccccc3c2)CN(CC(=O)O)C1=O. The number of nitrogens with zero attached hydrogens (tertiary/aromatic N) is 1. The lowest BCUT2D eigenvalue weighted by atomic mass is 10.0. The number of rotatable bonds is 10. The van der Waals surface area contributed by atoms with Crippen molar-refractivity contribution in [3.05, 3.63) is 83.9 Å². The van der Waals surface area contributed by atoms with Crippen LogP contribution in [0, 0.1) is 0 Å². The van der Waals surface area contributed by atoms with E-state index in [4.69, 9.17) is 4.74 Å². The molecule has 0 aliphatic carbocycles. The van der Waals surface area contributed by atoms with Crippen molar-refractivity contribution < 1.29 is 24.2 Å². The van der Waals surface area contributed by atoms with Crippen molar-refractivity contribution in [1.29, 1.82) is 0 Å². The number of nitrogens with one attached hydrogen (secondary N) is 1. The standard InChI is InChI=1S/C29H32N2O5S/c1-2-36-29(35)24(15-12-20-8-4-3-5-9-20)30-25-19-37-26(17-31(28(25)34)18-27(32)33)23-14-13-21-10-6-7-11-22(21)16-23/h3-11,13-14,16,24-26,30H,2,12,15,17-19H2,1H3,(H,32,33). The van der Waals surface area contributed by atoms with Crippen LogP contribution < -0.4 is 5.32 Å². The highest BCUT2D eigenvalue weighted by molar-refractivity contribution is 7.99. The van der Waals surface area contributed by atoms with E-state index in [9.17, 15) is 19.5 Å². The van der Waals surface area contributed by atoms with Gasteiger partial charge in [-0.05, 0) is 47.7 Å². The molecule has 0 aromatic heterocycles. The minimum Gasteiger partial charge on any atom is -0.480 e. The molecule has 1 fully saturated rings. The summed E-state index contributed by atoms with van der Waals surface area (Å²) < 4.78 is 5.30. The third kappa shape index (κ3) is 7.11. The summed E-state index contributed by atoms with van der Waals surface area (Å²) in [5, 5.41) is 14.9. The highest BCUT2D eigenvalue weighted by Gasteiger charge is 2.35. The first-order valence-electron chi connectivity index (χ1n) is 12.5. The minimum atomic E-state index is -1.07. The Hall–Kier alpha value is -3.36. The highest BCUT2D eigenvalue weighted by Crippen LogP contribution is 2.35. The molecular weight excluding hydrogens is 488 g/mol. The molecule has 37 heavy (non-hydrogen) atoms. The zero-order valence-electron chi connectivity index (χ0n) is 20.8. The molecule has 3 atom stereocenters. The monoisotopic (exact) mass is 520 g/mol. The predicted molar refractivity (Wildman–Crippen MR) is 145 cm³/mol. The van der Waals surface area contributed by atoms with Gasteiger partial charge in [-0.15, -0.1) is 11.8 Å². The number of carboxylic acids is 1. The summed E-state index contributed by atoms with van der Waals surface area (Å²) in [6.45, 7) is 1.88. The van der Waals surface area contributed by atoms with E-state index in [2.05, 4.69) is 17.4 Å². The number of thioether (sulfide) groups is 1. The third-order valence-electron chi connectivity index (χ3n) is 6.47. The van der Waals surface area contributed by atoms with Crippen LogP contribution in [0.15, 0.2) is 72.8 Å². The van der Waals surface area contributed by atoms with Crippen LogP contribution in [0.5, 0.6) is 0 Å². The fraction of sp³-hybridized carbons (Fsp3) is 0.345. The quantitative estimate of drug-likeness (QED) is 0.389. The molecule has 0 spiro atoms. The number of esters is 1. The van der Waals surface area contributed by atoms with E-state index in [1.54, 1.807) is 18.7 Å². The molecule has 194 valence electrons. The third-order valence-corrected chi connectivity index (χ3v) is 7.82. The average molecular weight is 521 g/mol. The number of aliphatic carboxylic acids is 1. The molecule has 0 radical (unpaired) electrons. The first kappa shape index (κ1) is 26.7. The fourth-order valence-electron chi connectivity index (χ4n) is 4.59. The van der Waals surface area contributed by atoms with Crippen LogP contribution in [0.3, 0.4) is 0 Å². The summed E-state index contributed by atoms with van der Waals surface area (Å²) in [5.41, 5.74) is 2.13. The predicted octanol–water partition coefficient (Wildman–Crippen LogP) is 4.06. The Balaban J connectivity index is 1.54. The summed E-state index contributed by atoms with van der Waals surface area (Å²) in [6.07, 6.45) is 1.11. The van der Waals surface area contributed by atoms with Gasteiger partial charge < -0.3 is 14.7 Å². The Labute approximate surface area is 221 Å². The van der Waals surface area contributed by atoms with Gasteiger partial charge in [0.1, 0.15) is 12.6 Å². The van der Waals surface area contributed by atoms with Gasteiger partial charge in [-0.25, -0.2) is 0 Å². The number of benzene rings is 3. The maximum Gasteiger partial charge on any atom is 0.323 e. The van der Waals surface area contributed by atoms with Crippen LogP contribution in [0.4, 0.5) is 0 Å². The van der Waals surface area contributed by atoms with Gasteiger partial charge in [0, 0.05) is 17.5 Å². The number of fused-ring (bicyclic) bond motifs is 1. The van der Waals surface area contributed by atoms with E-state index in [1.807, 2.05) is 60.7 Å². The van der Waals surface area contributed by atoms with Crippen LogP contribution >= 0.6 is 11.8 Å². The van der Waals surface area contributed by atoms with Gasteiger partial charge in [-0.2, -0.15) is 0 Å². The molecule has 7 nitrogen and oxygen atoms in total. The number of hydrogen-bond donors (Lipinski definition) is 2. The Morgan fingerprint density at radius 1 is 1.08 bits per heavy atom. The average Bonchev–Trinajstić information content (AvgIpc) is 3.05. The van der Waals surface area contributed by atoms with Gasteiger partial charge in [0.2, 0.25) is 5.91 Å². The van der Waals surface area contributed by atoms with Gasteiger partial charge in [0.25, 0.3) is 0 Å². The molecule has 3 aromatic rings. The molecular formula is C29H32N2O5S.